The van der Waals surface area contributed by atoms with E-state index in [1.807, 2.05) is 6.92 Å². The molecule has 1 heterocycles. The summed E-state index contributed by atoms with van der Waals surface area (Å²) < 4.78 is 11.3. The molecule has 1 saturated carbocycles. The van der Waals surface area contributed by atoms with Gasteiger partial charge in [0.1, 0.15) is 12.2 Å². The Bertz CT molecular complexity index is 682. The molecule has 0 radical (unpaired) electrons. The van der Waals surface area contributed by atoms with Crippen molar-refractivity contribution in [2.45, 2.75) is 45.8 Å². The van der Waals surface area contributed by atoms with Gasteiger partial charge in [-0.25, -0.2) is 9.59 Å². The highest BCUT2D eigenvalue weighted by molar-refractivity contribution is 5.91. The number of esters is 2. The molecular weight excluding hydrogens is 304 g/mol. The van der Waals surface area contributed by atoms with Crippen molar-refractivity contribution in [2.24, 2.45) is 17.8 Å². The summed E-state index contributed by atoms with van der Waals surface area (Å²) in [5, 5.41) is 0. The van der Waals surface area contributed by atoms with Crippen molar-refractivity contribution < 1.29 is 19.1 Å². The molecule has 1 saturated heterocycles. The van der Waals surface area contributed by atoms with Crippen molar-refractivity contribution in [3.05, 3.63) is 47.6 Å². The second-order valence-electron chi connectivity index (χ2n) is 6.99. The molecule has 2 aliphatic carbocycles. The van der Waals surface area contributed by atoms with Gasteiger partial charge in [0.15, 0.2) is 0 Å². The third kappa shape index (κ3) is 2.54. The molecule has 0 unspecified atom stereocenters. The van der Waals surface area contributed by atoms with E-state index in [0.29, 0.717) is 17.6 Å². The Kier molecular flexibility index (Phi) is 4.24. The molecule has 0 N–H and O–H groups in total. The van der Waals surface area contributed by atoms with Gasteiger partial charge in [0.2, 0.25) is 0 Å². The molecule has 1 aliphatic heterocycles. The van der Waals surface area contributed by atoms with E-state index >= 15 is 0 Å². The van der Waals surface area contributed by atoms with E-state index in [0.717, 1.165) is 12.0 Å². The van der Waals surface area contributed by atoms with Crippen molar-refractivity contribution in [3.63, 3.8) is 0 Å². The maximum absolute atomic E-state index is 12.1. The van der Waals surface area contributed by atoms with Crippen LogP contribution in [0.5, 0.6) is 0 Å². The Balaban J connectivity index is 1.88. The number of ether oxygens (including phenoxy) is 2. The van der Waals surface area contributed by atoms with Gasteiger partial charge < -0.3 is 9.47 Å². The topological polar surface area (TPSA) is 52.6 Å². The Labute approximate surface area is 142 Å². The molecule has 0 aromatic rings. The molecule has 3 aliphatic rings. The largest absolute Gasteiger partial charge is 0.458 e. The van der Waals surface area contributed by atoms with E-state index in [1.54, 1.807) is 13.0 Å². The first-order chi connectivity index (χ1) is 11.3. The predicted octanol–water partition coefficient (Wildman–Crippen LogP) is 3.50. The molecule has 4 nitrogen and oxygen atoms in total. The van der Waals surface area contributed by atoms with Gasteiger partial charge in [-0.3, -0.25) is 0 Å². The van der Waals surface area contributed by atoms with Gasteiger partial charge >= 0.3 is 11.9 Å². The first-order valence-corrected chi connectivity index (χ1v) is 8.44. The van der Waals surface area contributed by atoms with Gasteiger partial charge in [0.25, 0.3) is 0 Å². The maximum atomic E-state index is 12.1. The van der Waals surface area contributed by atoms with Crippen molar-refractivity contribution in [2.75, 3.05) is 0 Å². The van der Waals surface area contributed by atoms with E-state index in [1.165, 1.54) is 5.57 Å². The monoisotopic (exact) mass is 328 g/mol. The van der Waals surface area contributed by atoms with Crippen LogP contribution in [0.25, 0.3) is 0 Å². The van der Waals surface area contributed by atoms with Gasteiger partial charge in [-0.15, -0.1) is 0 Å². The molecular formula is C20H24O4. The third-order valence-corrected chi connectivity index (χ3v) is 5.73. The fourth-order valence-electron chi connectivity index (χ4n) is 4.07. The summed E-state index contributed by atoms with van der Waals surface area (Å²) in [7, 11) is 0. The zero-order valence-corrected chi connectivity index (χ0v) is 14.5. The summed E-state index contributed by atoms with van der Waals surface area (Å²) in [5.41, 5.74) is 3.23. The van der Waals surface area contributed by atoms with Crippen molar-refractivity contribution in [1.29, 1.82) is 0 Å². The Morgan fingerprint density at radius 2 is 2.08 bits per heavy atom. The van der Waals surface area contributed by atoms with Gasteiger partial charge in [0.05, 0.1) is 0 Å². The van der Waals surface area contributed by atoms with Crippen LogP contribution in [0.2, 0.25) is 0 Å². The minimum atomic E-state index is -0.336. The van der Waals surface area contributed by atoms with Gasteiger partial charge in [-0.2, -0.15) is 0 Å². The van der Waals surface area contributed by atoms with Crippen LogP contribution in [-0.2, 0) is 19.1 Å². The summed E-state index contributed by atoms with van der Waals surface area (Å²) in [6.45, 7) is 13.7. The van der Waals surface area contributed by atoms with Gasteiger partial charge in [0, 0.05) is 23.0 Å². The highest BCUT2D eigenvalue weighted by atomic mass is 16.6. The summed E-state index contributed by atoms with van der Waals surface area (Å²) in [4.78, 5) is 24.1. The van der Waals surface area contributed by atoms with Crippen LogP contribution >= 0.6 is 0 Å². The van der Waals surface area contributed by atoms with Crippen LogP contribution in [0, 0.1) is 17.8 Å². The van der Waals surface area contributed by atoms with Gasteiger partial charge in [-0.05, 0) is 45.1 Å². The van der Waals surface area contributed by atoms with Crippen molar-refractivity contribution in [3.8, 4) is 0 Å². The summed E-state index contributed by atoms with van der Waals surface area (Å²) in [5.74, 6) is -0.456. The van der Waals surface area contributed by atoms with Crippen LogP contribution in [0.1, 0.15) is 33.6 Å². The minimum Gasteiger partial charge on any atom is -0.458 e. The zero-order valence-electron chi connectivity index (χ0n) is 14.5. The second-order valence-corrected chi connectivity index (χ2v) is 6.99. The normalized spacial score (nSPS) is 35.8. The molecule has 2 fully saturated rings. The molecule has 24 heavy (non-hydrogen) atoms. The van der Waals surface area contributed by atoms with E-state index in [-0.39, 0.29) is 41.9 Å². The number of carbonyl (C=O) groups excluding carboxylic acids is 2. The maximum Gasteiger partial charge on any atom is 0.334 e. The molecule has 5 atom stereocenters. The number of allylic oxidation sites excluding steroid dienone is 3. The quantitative estimate of drug-likeness (QED) is 0.442. The second kappa shape index (κ2) is 6.08. The van der Waals surface area contributed by atoms with E-state index in [9.17, 15) is 9.59 Å². The number of hydrogen-bond donors (Lipinski definition) is 0. The van der Waals surface area contributed by atoms with Crippen LogP contribution in [-0.4, -0.2) is 24.1 Å². The average Bonchev–Trinajstić information content (AvgIpc) is 2.97. The lowest BCUT2D eigenvalue weighted by atomic mass is 9.81. The third-order valence-electron chi connectivity index (χ3n) is 5.73. The van der Waals surface area contributed by atoms with Crippen LogP contribution < -0.4 is 0 Å². The Hall–Kier alpha value is -2.10. The Morgan fingerprint density at radius 3 is 2.75 bits per heavy atom. The minimum absolute atomic E-state index is 0.00840. The van der Waals surface area contributed by atoms with Gasteiger partial charge in [-0.1, -0.05) is 30.9 Å². The van der Waals surface area contributed by atoms with Crippen molar-refractivity contribution >= 4 is 11.9 Å². The molecule has 3 rings (SSSR count). The molecule has 4 heteroatoms. The lowest BCUT2D eigenvalue weighted by Gasteiger charge is -2.26. The lowest BCUT2D eigenvalue weighted by molar-refractivity contribution is -0.143. The number of hydrogen-bond acceptors (Lipinski definition) is 4. The average molecular weight is 328 g/mol. The molecule has 0 amide bonds. The van der Waals surface area contributed by atoms with E-state index in [4.69, 9.17) is 9.47 Å². The summed E-state index contributed by atoms with van der Waals surface area (Å²) >= 11 is 0. The van der Waals surface area contributed by atoms with Crippen LogP contribution in [0.3, 0.4) is 0 Å². The first-order valence-electron chi connectivity index (χ1n) is 8.44. The smallest absolute Gasteiger partial charge is 0.334 e. The summed E-state index contributed by atoms with van der Waals surface area (Å²) in [6, 6.07) is 0. The number of carbonyl (C=O) groups is 2. The number of rotatable bonds is 2. The molecule has 128 valence electrons. The Morgan fingerprint density at radius 1 is 1.38 bits per heavy atom. The summed E-state index contributed by atoms with van der Waals surface area (Å²) in [6.07, 6.45) is 4.79. The van der Waals surface area contributed by atoms with Crippen LogP contribution in [0.15, 0.2) is 47.6 Å². The molecule has 0 aromatic carbocycles. The molecule has 0 aromatic heterocycles. The predicted molar refractivity (Wildman–Crippen MR) is 90.9 cm³/mol. The van der Waals surface area contributed by atoms with Crippen molar-refractivity contribution in [1.82, 2.24) is 0 Å². The molecule has 0 spiro atoms. The first kappa shape index (κ1) is 16.7. The highest BCUT2D eigenvalue weighted by Gasteiger charge is 2.53. The number of fused-ring (bicyclic) bond motifs is 3. The lowest BCUT2D eigenvalue weighted by Crippen LogP contribution is -2.30. The zero-order chi connectivity index (χ0) is 17.6. The van der Waals surface area contributed by atoms with E-state index in [2.05, 4.69) is 26.2 Å². The molecule has 0 bridgehead atoms. The van der Waals surface area contributed by atoms with E-state index < -0.39 is 0 Å². The van der Waals surface area contributed by atoms with Crippen LogP contribution in [0.4, 0.5) is 0 Å². The fraction of sp³-hybridized carbons (Fsp3) is 0.500. The SMILES string of the molecule is C=C1[C@@H]2[C@H]3OC(=O)C(=C)[C@@H]3CC=C(C)[C@@H]2C[C@@H]1OC(=O)/C(C)=C\C. The highest BCUT2D eigenvalue weighted by Crippen LogP contribution is 2.51. The fourth-order valence-corrected chi connectivity index (χ4v) is 4.07. The standard InChI is InChI=1S/C20H24O4/c1-6-10(2)19(21)23-16-9-15-11(3)7-8-14-12(4)20(22)24-18(14)17(15)13(16)5/h6-7,14-18H,4-5,8-9H2,1-3H3/b10-6-/t14-,15-,16-,17-,18-/m0/s1.